The molecule has 0 aliphatic heterocycles. The molecule has 6 N–H and O–H groups in total. The Morgan fingerprint density at radius 2 is 1.50 bits per heavy atom. The van der Waals surface area contributed by atoms with Gasteiger partial charge < -0.3 is 35.8 Å². The van der Waals surface area contributed by atoms with Gasteiger partial charge in [-0.25, -0.2) is 0 Å². The third kappa shape index (κ3) is 8.13. The van der Waals surface area contributed by atoms with E-state index < -0.39 is 58.0 Å². The number of carbonyl (C=O) groups is 5. The van der Waals surface area contributed by atoms with E-state index in [1.54, 1.807) is 39.2 Å². The first-order chi connectivity index (χ1) is 22.4. The smallest absolute Gasteiger partial charge is 0.255 e. The molecule has 0 saturated heterocycles. The van der Waals surface area contributed by atoms with E-state index in [0.29, 0.717) is 5.56 Å². The number of aliphatic hydroxyl groups is 3. The number of amides is 1. The molecule has 3 aliphatic rings. The standard InChI is InChI=1S/C23H27N3O7.C8H18O.C4H6O2/c1-25(2)12-5-6-13(27)15-10(12)7-9-8-11-17(26(3)4)19(29)16(22(24)32)21(31)23(11,33)20(30)14(9)18(15)28;1-3-5-7-9-8-6-4-2;1-3(5)4(2)6/h5-6,9,11,17,27,29-30,33H,7-8H2,1-4H3,(H2,24,32);3-8H2,1-2H3;1-2H3/t9-,11-,17-,23-;;/m0../s1. The Morgan fingerprint density at radius 1 is 0.958 bits per heavy atom. The van der Waals surface area contributed by atoms with Crippen molar-refractivity contribution in [2.45, 2.75) is 77.9 Å². The molecule has 1 aromatic rings. The third-order valence-electron chi connectivity index (χ3n) is 8.84. The fraction of sp³-hybridized carbons (Fsp3) is 0.571. The van der Waals surface area contributed by atoms with Crippen LogP contribution >= 0.6 is 0 Å². The summed E-state index contributed by atoms with van der Waals surface area (Å²) >= 11 is 0. The number of nitrogens with zero attached hydrogens (tertiary/aromatic N) is 2. The number of primary amides is 1. The predicted octanol–water partition coefficient (Wildman–Crippen LogP) is 2.95. The van der Waals surface area contributed by atoms with Gasteiger partial charge in [0.05, 0.1) is 11.6 Å². The fourth-order valence-corrected chi connectivity index (χ4v) is 6.25. The highest BCUT2D eigenvalue weighted by molar-refractivity contribution is 6.35. The van der Waals surface area contributed by atoms with E-state index in [1.807, 2.05) is 0 Å². The van der Waals surface area contributed by atoms with Crippen molar-refractivity contribution in [3.05, 3.63) is 45.9 Å². The van der Waals surface area contributed by atoms with Crippen LogP contribution in [0.3, 0.4) is 0 Å². The van der Waals surface area contributed by atoms with Gasteiger partial charge in [-0.15, -0.1) is 0 Å². The zero-order chi connectivity index (χ0) is 36.7. The van der Waals surface area contributed by atoms with Gasteiger partial charge in [0, 0.05) is 58.3 Å². The number of phenolic OH excluding ortho intramolecular Hbond substituents is 1. The number of hydrogen-bond acceptors (Lipinski definition) is 12. The van der Waals surface area contributed by atoms with Gasteiger partial charge in [-0.1, -0.05) is 26.7 Å². The second-order valence-electron chi connectivity index (χ2n) is 12.7. The number of phenols is 1. The molecule has 0 saturated carbocycles. The lowest BCUT2D eigenvalue weighted by atomic mass is 9.58. The number of Topliss-reactive ketones (excluding diaryl/α,β-unsaturated/α-hetero) is 4. The Kier molecular flexibility index (Phi) is 14.1. The number of ether oxygens (including phenoxy) is 1. The molecule has 1 amide bonds. The topological polar surface area (TPSA) is 208 Å². The van der Waals surface area contributed by atoms with E-state index in [4.69, 9.17) is 10.5 Å². The minimum atomic E-state index is -2.63. The van der Waals surface area contributed by atoms with Crippen LogP contribution in [0.2, 0.25) is 0 Å². The van der Waals surface area contributed by atoms with E-state index in [2.05, 4.69) is 13.8 Å². The van der Waals surface area contributed by atoms with Crippen molar-refractivity contribution in [2.24, 2.45) is 17.6 Å². The number of unbranched alkanes of at least 4 members (excludes halogenated alkanes) is 2. The van der Waals surface area contributed by atoms with Crippen LogP contribution in [0.4, 0.5) is 5.69 Å². The third-order valence-corrected chi connectivity index (χ3v) is 8.84. The Labute approximate surface area is 282 Å². The van der Waals surface area contributed by atoms with Crippen LogP contribution in [0, 0.1) is 11.8 Å². The first-order valence-electron chi connectivity index (χ1n) is 16.2. The predicted molar refractivity (Wildman–Crippen MR) is 180 cm³/mol. The van der Waals surface area contributed by atoms with Gasteiger partial charge in [0.15, 0.2) is 23.0 Å². The Balaban J connectivity index is 0.000000445. The molecule has 3 aliphatic carbocycles. The molecular weight excluding hydrogens is 622 g/mol. The highest BCUT2D eigenvalue weighted by Crippen LogP contribution is 2.53. The maximum Gasteiger partial charge on any atom is 0.255 e. The van der Waals surface area contributed by atoms with Crippen LogP contribution in [0.5, 0.6) is 5.75 Å². The van der Waals surface area contributed by atoms with Gasteiger partial charge in [0.1, 0.15) is 22.8 Å². The average Bonchev–Trinajstić information content (AvgIpc) is 2.99. The summed E-state index contributed by atoms with van der Waals surface area (Å²) in [5, 5.41) is 43.9. The molecule has 0 radical (unpaired) electrons. The number of nitrogens with two attached hydrogens (primary N) is 1. The quantitative estimate of drug-likeness (QED) is 0.138. The monoisotopic (exact) mass is 673 g/mol. The molecule has 0 aromatic heterocycles. The second-order valence-corrected chi connectivity index (χ2v) is 12.7. The lowest BCUT2D eigenvalue weighted by molar-refractivity contribution is -0.148. The van der Waals surface area contributed by atoms with Crippen LogP contribution < -0.4 is 10.6 Å². The molecule has 0 bridgehead atoms. The first kappa shape index (κ1) is 40.1. The van der Waals surface area contributed by atoms with Crippen LogP contribution in [-0.4, -0.2) is 107 Å². The van der Waals surface area contributed by atoms with Crippen molar-refractivity contribution in [3.63, 3.8) is 0 Å². The summed E-state index contributed by atoms with van der Waals surface area (Å²) in [6, 6.07) is 2.06. The number of fused-ring (bicyclic) bond motifs is 3. The zero-order valence-electron chi connectivity index (χ0n) is 29.3. The van der Waals surface area contributed by atoms with Gasteiger partial charge in [-0.3, -0.25) is 28.9 Å². The van der Waals surface area contributed by atoms with Gasteiger partial charge in [-0.05, 0) is 63.4 Å². The fourth-order valence-electron chi connectivity index (χ4n) is 6.25. The van der Waals surface area contributed by atoms with Gasteiger partial charge >= 0.3 is 0 Å². The highest BCUT2D eigenvalue weighted by Gasteiger charge is 2.63. The van der Waals surface area contributed by atoms with E-state index in [9.17, 15) is 44.4 Å². The van der Waals surface area contributed by atoms with E-state index in [1.165, 1.54) is 50.5 Å². The van der Waals surface area contributed by atoms with Crippen molar-refractivity contribution >= 4 is 34.7 Å². The molecule has 0 fully saturated rings. The number of hydrogen-bond donors (Lipinski definition) is 5. The van der Waals surface area contributed by atoms with Crippen molar-refractivity contribution in [1.82, 2.24) is 4.90 Å². The number of likely N-dealkylation sites (N-methyl/N-ethyl adjacent to an activating group) is 1. The number of carbonyl (C=O) groups excluding carboxylic acids is 5. The second kappa shape index (κ2) is 16.8. The normalized spacial score (nSPS) is 22.8. The van der Waals surface area contributed by atoms with Gasteiger partial charge in [0.2, 0.25) is 5.78 Å². The van der Waals surface area contributed by atoms with E-state index in [0.717, 1.165) is 18.9 Å². The average molecular weight is 674 g/mol. The Bertz CT molecular complexity index is 1460. The number of aromatic hydroxyl groups is 1. The maximum atomic E-state index is 13.5. The number of benzene rings is 1. The molecule has 266 valence electrons. The lowest BCUT2D eigenvalue weighted by Crippen LogP contribution is -2.63. The summed E-state index contributed by atoms with van der Waals surface area (Å²) in [7, 11) is 6.79. The van der Waals surface area contributed by atoms with Crippen LogP contribution in [-0.2, 0) is 30.3 Å². The van der Waals surface area contributed by atoms with Crippen molar-refractivity contribution in [1.29, 1.82) is 0 Å². The zero-order valence-corrected chi connectivity index (χ0v) is 29.3. The number of allylic oxidation sites excluding steroid dienone is 1. The minimum absolute atomic E-state index is 0.00184. The number of aliphatic hydroxyl groups excluding tert-OH is 2. The molecule has 0 unspecified atom stereocenters. The van der Waals surface area contributed by atoms with Gasteiger partial charge in [-0.2, -0.15) is 0 Å². The number of anilines is 1. The molecular formula is C35H51N3O10. The van der Waals surface area contributed by atoms with E-state index >= 15 is 0 Å². The van der Waals surface area contributed by atoms with Gasteiger partial charge in [0.25, 0.3) is 5.91 Å². The summed E-state index contributed by atoms with van der Waals surface area (Å²) in [5.74, 6) is -7.29. The lowest BCUT2D eigenvalue weighted by Gasteiger charge is -2.50. The summed E-state index contributed by atoms with van der Waals surface area (Å²) in [6.07, 6.45) is 5.23. The summed E-state index contributed by atoms with van der Waals surface area (Å²) in [5.41, 5.74) is 3.02. The Hall–Kier alpha value is -4.07. The molecule has 4 atom stereocenters. The summed E-state index contributed by atoms with van der Waals surface area (Å²) < 4.78 is 5.31. The van der Waals surface area contributed by atoms with E-state index in [-0.39, 0.29) is 41.3 Å². The summed E-state index contributed by atoms with van der Waals surface area (Å²) in [4.78, 5) is 61.6. The van der Waals surface area contributed by atoms with Crippen molar-refractivity contribution in [3.8, 4) is 5.75 Å². The first-order valence-corrected chi connectivity index (χ1v) is 16.2. The van der Waals surface area contributed by atoms with Crippen LogP contribution in [0.1, 0.15) is 75.7 Å². The number of rotatable bonds is 10. The Morgan fingerprint density at radius 3 is 1.94 bits per heavy atom. The van der Waals surface area contributed by atoms with Crippen LogP contribution in [0.15, 0.2) is 34.8 Å². The molecule has 1 aromatic carbocycles. The van der Waals surface area contributed by atoms with Crippen LogP contribution in [0.25, 0.3) is 0 Å². The van der Waals surface area contributed by atoms with Crippen molar-refractivity contribution < 1.29 is 49.1 Å². The molecule has 13 heteroatoms. The summed E-state index contributed by atoms with van der Waals surface area (Å²) in [6.45, 7) is 8.78. The number of ketones is 4. The highest BCUT2D eigenvalue weighted by atomic mass is 16.5. The molecule has 0 heterocycles. The molecule has 4 rings (SSSR count). The maximum absolute atomic E-state index is 13.5. The molecule has 0 spiro atoms. The van der Waals surface area contributed by atoms with Crippen molar-refractivity contribution in [2.75, 3.05) is 46.3 Å². The largest absolute Gasteiger partial charge is 0.510 e. The minimum Gasteiger partial charge on any atom is -0.510 e. The SMILES string of the molecule is CC(=O)C(C)=O.CCCCOCCCC.CN(C)c1ccc(O)c2c1C[C@H]1C[C@H]3[C@H](N(C)C)C(O)=C(C(N)=O)C(=O)[C@@]3(O)C(O)=C1C2=O. The molecule has 13 nitrogen and oxygen atoms in total. The molecule has 48 heavy (non-hydrogen) atoms.